The van der Waals surface area contributed by atoms with Gasteiger partial charge in [-0.05, 0) is 18.5 Å². The SMILES string of the molecule is CC(CC(F)(F)F)Nc1snc(N)c1C(N)=O. The van der Waals surface area contributed by atoms with Gasteiger partial charge in [-0.2, -0.15) is 17.5 Å². The smallest absolute Gasteiger partial charge is 0.382 e. The van der Waals surface area contributed by atoms with Gasteiger partial charge in [0.15, 0.2) is 5.82 Å². The molecule has 1 heterocycles. The lowest BCUT2D eigenvalue weighted by molar-refractivity contribution is -0.136. The highest BCUT2D eigenvalue weighted by Gasteiger charge is 2.30. The van der Waals surface area contributed by atoms with Gasteiger partial charge in [0, 0.05) is 6.04 Å². The Bertz CT molecular complexity index is 417. The highest BCUT2D eigenvalue weighted by molar-refractivity contribution is 7.11. The number of hydrogen-bond donors (Lipinski definition) is 3. The van der Waals surface area contributed by atoms with E-state index in [9.17, 15) is 18.0 Å². The molecule has 1 aromatic heterocycles. The molecule has 0 saturated carbocycles. The molecular formula is C8H11F3N4OS. The van der Waals surface area contributed by atoms with E-state index in [1.165, 1.54) is 6.92 Å². The van der Waals surface area contributed by atoms with Crippen molar-refractivity contribution in [2.75, 3.05) is 11.1 Å². The molecule has 0 radical (unpaired) electrons. The van der Waals surface area contributed by atoms with Crippen LogP contribution in [0.5, 0.6) is 0 Å². The number of alkyl halides is 3. The summed E-state index contributed by atoms with van der Waals surface area (Å²) in [5.41, 5.74) is 10.4. The van der Waals surface area contributed by atoms with Crippen molar-refractivity contribution >= 4 is 28.3 Å². The number of carbonyl (C=O) groups is 1. The standard InChI is InChI=1S/C8H11F3N4OS/c1-3(2-8(9,10)11)14-7-4(6(13)16)5(12)15-17-7/h3,14H,2H2,1H3,(H2,12,15)(H2,13,16). The predicted molar refractivity (Wildman–Crippen MR) is 58.8 cm³/mol. The highest BCUT2D eigenvalue weighted by Crippen LogP contribution is 2.29. The van der Waals surface area contributed by atoms with Gasteiger partial charge in [-0.15, -0.1) is 0 Å². The number of halogens is 3. The molecule has 96 valence electrons. The number of nitrogens with one attached hydrogen (secondary N) is 1. The summed E-state index contributed by atoms with van der Waals surface area (Å²) in [6.45, 7) is 1.34. The first-order valence-electron chi connectivity index (χ1n) is 4.59. The second-order valence-electron chi connectivity index (χ2n) is 3.50. The van der Waals surface area contributed by atoms with Crippen LogP contribution < -0.4 is 16.8 Å². The van der Waals surface area contributed by atoms with Crippen LogP contribution in [-0.2, 0) is 0 Å². The third-order valence-electron chi connectivity index (χ3n) is 1.88. The van der Waals surface area contributed by atoms with Gasteiger partial charge in [-0.3, -0.25) is 4.79 Å². The molecule has 0 fully saturated rings. The summed E-state index contributed by atoms with van der Waals surface area (Å²) in [6.07, 6.45) is -5.31. The minimum absolute atomic E-state index is 0.0657. The van der Waals surface area contributed by atoms with Crippen molar-refractivity contribution in [3.8, 4) is 0 Å². The summed E-state index contributed by atoms with van der Waals surface area (Å²) in [5.74, 6) is -0.901. The van der Waals surface area contributed by atoms with Crippen molar-refractivity contribution in [3.63, 3.8) is 0 Å². The van der Waals surface area contributed by atoms with Crippen LogP contribution in [0.25, 0.3) is 0 Å². The van der Waals surface area contributed by atoms with Crippen LogP contribution in [0.1, 0.15) is 23.7 Å². The monoisotopic (exact) mass is 268 g/mol. The number of rotatable bonds is 4. The van der Waals surface area contributed by atoms with E-state index < -0.39 is 24.5 Å². The molecule has 1 amide bonds. The Labute approximate surface area is 99.1 Å². The van der Waals surface area contributed by atoms with Crippen LogP contribution in [0, 0.1) is 0 Å². The van der Waals surface area contributed by atoms with Gasteiger partial charge in [-0.1, -0.05) is 0 Å². The van der Waals surface area contributed by atoms with Crippen LogP contribution in [-0.4, -0.2) is 22.5 Å². The molecule has 0 aromatic carbocycles. The molecule has 5 nitrogen and oxygen atoms in total. The molecule has 9 heteroatoms. The molecule has 1 atom stereocenters. The minimum atomic E-state index is -4.28. The zero-order chi connectivity index (χ0) is 13.2. The summed E-state index contributed by atoms with van der Waals surface area (Å²) in [4.78, 5) is 11.0. The maximum Gasteiger partial charge on any atom is 0.391 e. The molecule has 1 rings (SSSR count). The molecule has 0 spiro atoms. The van der Waals surface area contributed by atoms with Crippen molar-refractivity contribution in [2.45, 2.75) is 25.6 Å². The van der Waals surface area contributed by atoms with Gasteiger partial charge in [0.05, 0.1) is 6.42 Å². The fourth-order valence-electron chi connectivity index (χ4n) is 1.26. The second kappa shape index (κ2) is 4.78. The zero-order valence-corrected chi connectivity index (χ0v) is 9.65. The molecule has 0 aliphatic heterocycles. The number of nitrogens with zero attached hydrogens (tertiary/aromatic N) is 1. The number of anilines is 2. The third kappa shape index (κ3) is 3.77. The molecule has 1 unspecified atom stereocenters. The number of aromatic nitrogens is 1. The van der Waals surface area contributed by atoms with Crippen LogP contribution in [0.3, 0.4) is 0 Å². The maximum absolute atomic E-state index is 12.1. The second-order valence-corrected chi connectivity index (χ2v) is 4.27. The van der Waals surface area contributed by atoms with Crippen LogP contribution in [0.15, 0.2) is 0 Å². The highest BCUT2D eigenvalue weighted by atomic mass is 32.1. The number of carbonyl (C=O) groups excluding carboxylic acids is 1. The maximum atomic E-state index is 12.1. The lowest BCUT2D eigenvalue weighted by Crippen LogP contribution is -2.25. The summed E-state index contributed by atoms with van der Waals surface area (Å²) >= 11 is 0.805. The molecule has 0 aliphatic carbocycles. The van der Waals surface area contributed by atoms with Gasteiger partial charge in [0.25, 0.3) is 5.91 Å². The van der Waals surface area contributed by atoms with Gasteiger partial charge in [-0.25, -0.2) is 0 Å². The van der Waals surface area contributed by atoms with Crippen molar-refractivity contribution < 1.29 is 18.0 Å². The van der Waals surface area contributed by atoms with E-state index in [1.54, 1.807) is 0 Å². The largest absolute Gasteiger partial charge is 0.391 e. The molecule has 1 aromatic rings. The molecular weight excluding hydrogens is 257 g/mol. The zero-order valence-electron chi connectivity index (χ0n) is 8.84. The lowest BCUT2D eigenvalue weighted by atomic mass is 10.2. The Morgan fingerprint density at radius 2 is 2.18 bits per heavy atom. The average molecular weight is 268 g/mol. The van der Waals surface area contributed by atoms with E-state index in [4.69, 9.17) is 11.5 Å². The summed E-state index contributed by atoms with van der Waals surface area (Å²) in [7, 11) is 0. The van der Waals surface area contributed by atoms with Crippen LogP contribution in [0.2, 0.25) is 0 Å². The number of hydrogen-bond acceptors (Lipinski definition) is 5. The number of nitrogen functional groups attached to an aromatic ring is 1. The van der Waals surface area contributed by atoms with Crippen molar-refractivity contribution in [3.05, 3.63) is 5.56 Å². The van der Waals surface area contributed by atoms with Crippen LogP contribution in [0.4, 0.5) is 24.0 Å². The Morgan fingerprint density at radius 1 is 1.59 bits per heavy atom. The van der Waals surface area contributed by atoms with Crippen molar-refractivity contribution in [2.24, 2.45) is 5.73 Å². The average Bonchev–Trinajstić information content (AvgIpc) is 2.42. The van der Waals surface area contributed by atoms with E-state index in [0.29, 0.717) is 0 Å². The quantitative estimate of drug-likeness (QED) is 0.772. The first kappa shape index (κ1) is 13.6. The molecule has 0 bridgehead atoms. The summed E-state index contributed by atoms with van der Waals surface area (Å²) in [5, 5.41) is 2.68. The third-order valence-corrected chi connectivity index (χ3v) is 2.67. The Hall–Kier alpha value is -1.51. The van der Waals surface area contributed by atoms with Crippen LogP contribution >= 0.6 is 11.5 Å². The summed E-state index contributed by atoms with van der Waals surface area (Å²) in [6, 6.07) is -0.895. The Balaban J connectivity index is 2.79. The van der Waals surface area contributed by atoms with Gasteiger partial charge >= 0.3 is 6.18 Å². The fourth-order valence-corrected chi connectivity index (χ4v) is 2.09. The Kier molecular flexibility index (Phi) is 3.81. The normalized spacial score (nSPS) is 13.4. The van der Waals surface area contributed by atoms with E-state index in [-0.39, 0.29) is 16.4 Å². The van der Waals surface area contributed by atoms with Gasteiger partial charge < -0.3 is 16.8 Å². The minimum Gasteiger partial charge on any atom is -0.382 e. The molecule has 0 saturated heterocycles. The van der Waals surface area contributed by atoms with Gasteiger partial charge in [0.1, 0.15) is 10.6 Å². The number of primary amides is 1. The Morgan fingerprint density at radius 3 is 2.65 bits per heavy atom. The first-order chi connectivity index (χ1) is 7.70. The lowest BCUT2D eigenvalue weighted by Gasteiger charge is -2.15. The molecule has 17 heavy (non-hydrogen) atoms. The first-order valence-corrected chi connectivity index (χ1v) is 5.36. The fraction of sp³-hybridized carbons (Fsp3) is 0.500. The topological polar surface area (TPSA) is 94.0 Å². The van der Waals surface area contributed by atoms with Crippen molar-refractivity contribution in [1.29, 1.82) is 0 Å². The van der Waals surface area contributed by atoms with Crippen molar-refractivity contribution in [1.82, 2.24) is 4.37 Å². The van der Waals surface area contributed by atoms with E-state index in [1.807, 2.05) is 0 Å². The summed E-state index contributed by atoms with van der Waals surface area (Å²) < 4.78 is 40.0. The van der Waals surface area contributed by atoms with E-state index in [0.717, 1.165) is 11.5 Å². The number of nitrogens with two attached hydrogens (primary N) is 2. The molecule has 0 aliphatic rings. The predicted octanol–water partition coefficient (Wildman–Crippen LogP) is 1.58. The number of amides is 1. The van der Waals surface area contributed by atoms with Gasteiger partial charge in [0.2, 0.25) is 0 Å². The van der Waals surface area contributed by atoms with E-state index >= 15 is 0 Å². The van der Waals surface area contributed by atoms with E-state index in [2.05, 4.69) is 9.69 Å². The molecule has 5 N–H and O–H groups in total.